The molecule has 3 aromatic heterocycles. The Morgan fingerprint density at radius 3 is 2.34 bits per heavy atom. The summed E-state index contributed by atoms with van der Waals surface area (Å²) < 4.78 is 7.85. The first-order valence-electron chi connectivity index (χ1n) is 20.8. The van der Waals surface area contributed by atoms with Crippen LogP contribution in [0.1, 0.15) is 81.1 Å². The number of rotatable bonds is 6. The minimum atomic E-state index is -1.05. The van der Waals surface area contributed by atoms with Crippen molar-refractivity contribution in [2.24, 2.45) is 0 Å². The van der Waals surface area contributed by atoms with Gasteiger partial charge in [0.2, 0.25) is 17.7 Å². The summed E-state index contributed by atoms with van der Waals surface area (Å²) in [5.41, 5.74) is 6.91. The zero-order valence-corrected chi connectivity index (χ0v) is 33.6. The summed E-state index contributed by atoms with van der Waals surface area (Å²) in [6.07, 6.45) is 6.20. The lowest BCUT2D eigenvalue weighted by Gasteiger charge is -2.36. The van der Waals surface area contributed by atoms with Crippen LogP contribution in [-0.2, 0) is 32.1 Å². The second-order valence-corrected chi connectivity index (χ2v) is 16.2. The van der Waals surface area contributed by atoms with Gasteiger partial charge in [0, 0.05) is 112 Å². The minimum Gasteiger partial charge on any atom is -0.381 e. The number of ether oxygens (including phenoxy) is 1. The molecular weight excluding hydrogens is 779 g/mol. The molecule has 5 aromatic rings. The highest BCUT2D eigenvalue weighted by molar-refractivity contribution is 6.25. The van der Waals surface area contributed by atoms with Crippen molar-refractivity contribution in [1.82, 2.24) is 39.8 Å². The predicted molar refractivity (Wildman–Crippen MR) is 221 cm³/mol. The second kappa shape index (κ2) is 15.3. The number of benzene rings is 2. The van der Waals surface area contributed by atoms with Crippen molar-refractivity contribution >= 4 is 51.9 Å². The fraction of sp³-hybridized carbons (Fsp3) is 0.356. The van der Waals surface area contributed by atoms with E-state index in [1.165, 1.54) is 5.69 Å². The highest BCUT2D eigenvalue weighted by Gasteiger charge is 2.46. The zero-order chi connectivity index (χ0) is 41.9. The first-order chi connectivity index (χ1) is 29.6. The molecule has 0 saturated carbocycles. The van der Waals surface area contributed by atoms with E-state index in [1.807, 2.05) is 40.3 Å². The van der Waals surface area contributed by atoms with Gasteiger partial charge in [0.15, 0.2) is 0 Å². The lowest BCUT2D eigenvalue weighted by atomic mass is 9.96. The molecule has 10 rings (SSSR count). The van der Waals surface area contributed by atoms with E-state index in [0.717, 1.165) is 57.3 Å². The zero-order valence-electron chi connectivity index (χ0n) is 33.6. The summed E-state index contributed by atoms with van der Waals surface area (Å²) in [7, 11) is 0. The number of carbonyl (C=O) groups excluding carboxylic acids is 6. The molecule has 1 atom stereocenters. The number of fused-ring (bicyclic) bond motifs is 3. The van der Waals surface area contributed by atoms with Gasteiger partial charge in [0.25, 0.3) is 17.7 Å². The van der Waals surface area contributed by atoms with Crippen molar-refractivity contribution in [3.8, 4) is 22.5 Å². The molecule has 0 spiro atoms. The van der Waals surface area contributed by atoms with Crippen molar-refractivity contribution in [1.29, 1.82) is 0 Å². The minimum absolute atomic E-state index is 0.0446. The van der Waals surface area contributed by atoms with Crippen LogP contribution < -0.4 is 10.2 Å². The van der Waals surface area contributed by atoms with Crippen LogP contribution in [0.4, 0.5) is 5.69 Å². The number of imide groups is 2. The molecule has 6 amide bonds. The average molecular weight is 822 g/mol. The van der Waals surface area contributed by atoms with E-state index in [-0.39, 0.29) is 41.8 Å². The normalized spacial score (nSPS) is 19.7. The predicted octanol–water partition coefficient (Wildman–Crippen LogP) is 3.78. The molecule has 5 aliphatic heterocycles. The third-order valence-corrected chi connectivity index (χ3v) is 12.7. The van der Waals surface area contributed by atoms with Crippen molar-refractivity contribution < 1.29 is 33.5 Å². The number of carbonyl (C=O) groups is 6. The van der Waals surface area contributed by atoms with E-state index in [1.54, 1.807) is 42.3 Å². The average Bonchev–Trinajstić information content (AvgIpc) is 3.79. The topological polar surface area (TPSA) is 180 Å². The first kappa shape index (κ1) is 38.4. The number of piperidine rings is 1. The number of aromatic nitrogens is 4. The number of hydrogen-bond acceptors (Lipinski definition) is 11. The Morgan fingerprint density at radius 1 is 0.803 bits per heavy atom. The third-order valence-electron chi connectivity index (χ3n) is 12.7. The highest BCUT2D eigenvalue weighted by Crippen LogP contribution is 2.38. The largest absolute Gasteiger partial charge is 0.381 e. The van der Waals surface area contributed by atoms with Gasteiger partial charge in [-0.3, -0.25) is 53.6 Å². The molecule has 1 N–H and O–H groups in total. The van der Waals surface area contributed by atoms with Gasteiger partial charge in [-0.25, -0.2) is 0 Å². The molecule has 0 radical (unpaired) electrons. The summed E-state index contributed by atoms with van der Waals surface area (Å²) in [6, 6.07) is 16.0. The van der Waals surface area contributed by atoms with Gasteiger partial charge in [0.05, 0.1) is 34.2 Å². The van der Waals surface area contributed by atoms with Gasteiger partial charge in [-0.2, -0.15) is 5.10 Å². The van der Waals surface area contributed by atoms with E-state index < -0.39 is 29.7 Å². The van der Waals surface area contributed by atoms with E-state index in [2.05, 4.69) is 21.0 Å². The lowest BCUT2D eigenvalue weighted by molar-refractivity contribution is -0.136. The number of amides is 6. The molecule has 16 heteroatoms. The fourth-order valence-corrected chi connectivity index (χ4v) is 9.44. The van der Waals surface area contributed by atoms with Crippen molar-refractivity contribution in [3.63, 3.8) is 0 Å². The Labute approximate surface area is 350 Å². The van der Waals surface area contributed by atoms with Crippen LogP contribution in [0, 0.1) is 0 Å². The Balaban J connectivity index is 0.841. The second-order valence-electron chi connectivity index (χ2n) is 16.2. The standard InChI is InChI=1S/C45H43N9O7/c1-26(55)52-15-12-36-33(25-52)41(49-54(36)29-13-20-61-21-14-29)30-5-2-4-27-22-35(47-24-32(27)30)28-8-9-34(46-23-28)44(59)51-18-16-50(17-19-51)37-7-3-6-31-40(37)45(60)53(43(31)58)38-10-11-39(56)48-42(38)57/h2-9,22-24,29,38H,10-21,25H2,1H3,(H,48,56,57). The molecule has 3 fully saturated rings. The first-order valence-corrected chi connectivity index (χ1v) is 20.8. The summed E-state index contributed by atoms with van der Waals surface area (Å²) in [5, 5.41) is 9.40. The van der Waals surface area contributed by atoms with Gasteiger partial charge in [-0.1, -0.05) is 24.3 Å². The Hall–Kier alpha value is -6.81. The number of anilines is 1. The summed E-state index contributed by atoms with van der Waals surface area (Å²) >= 11 is 0. The molecule has 5 aliphatic rings. The Morgan fingerprint density at radius 2 is 1.59 bits per heavy atom. The van der Waals surface area contributed by atoms with Gasteiger partial charge in [-0.15, -0.1) is 0 Å². The van der Waals surface area contributed by atoms with Crippen LogP contribution in [0.25, 0.3) is 33.3 Å². The van der Waals surface area contributed by atoms with Gasteiger partial charge in [0.1, 0.15) is 11.7 Å². The highest BCUT2D eigenvalue weighted by atomic mass is 16.5. The molecule has 0 bridgehead atoms. The van der Waals surface area contributed by atoms with Crippen LogP contribution >= 0.6 is 0 Å². The summed E-state index contributed by atoms with van der Waals surface area (Å²) in [5.74, 6) is -2.37. The van der Waals surface area contributed by atoms with E-state index in [0.29, 0.717) is 69.6 Å². The number of pyridine rings is 2. The molecule has 3 saturated heterocycles. The molecule has 0 aliphatic carbocycles. The molecule has 61 heavy (non-hydrogen) atoms. The van der Waals surface area contributed by atoms with Crippen molar-refractivity contribution in [2.75, 3.05) is 50.8 Å². The number of piperazine rings is 1. The summed E-state index contributed by atoms with van der Waals surface area (Å²) in [6.45, 7) is 5.77. The summed E-state index contributed by atoms with van der Waals surface area (Å²) in [4.78, 5) is 93.4. The molecule has 16 nitrogen and oxygen atoms in total. The van der Waals surface area contributed by atoms with Crippen LogP contribution in [0.5, 0.6) is 0 Å². The number of nitrogens with one attached hydrogen (secondary N) is 1. The molecule has 1 unspecified atom stereocenters. The SMILES string of the molecule is CC(=O)N1CCc2c(c(-c3cccc4cc(-c5ccc(C(=O)N6CCN(c7cccc8c7C(=O)N(C7CCC(=O)NC7=O)C8=O)CC6)nc5)ncc34)nn2C2CCOCC2)C1. The molecular formula is C45H43N9O7. The van der Waals surface area contributed by atoms with E-state index >= 15 is 0 Å². The van der Waals surface area contributed by atoms with Crippen LogP contribution in [0.3, 0.4) is 0 Å². The van der Waals surface area contributed by atoms with Crippen LogP contribution in [-0.4, -0.2) is 122 Å². The Kier molecular flexibility index (Phi) is 9.65. The molecule has 2 aromatic carbocycles. The third kappa shape index (κ3) is 6.70. The molecule has 310 valence electrons. The molecule has 8 heterocycles. The van der Waals surface area contributed by atoms with Crippen LogP contribution in [0.15, 0.2) is 67.0 Å². The fourth-order valence-electron chi connectivity index (χ4n) is 9.44. The smallest absolute Gasteiger partial charge is 0.272 e. The van der Waals surface area contributed by atoms with Crippen LogP contribution in [0.2, 0.25) is 0 Å². The van der Waals surface area contributed by atoms with Gasteiger partial charge < -0.3 is 19.4 Å². The van der Waals surface area contributed by atoms with Gasteiger partial charge >= 0.3 is 0 Å². The number of hydrogen-bond donors (Lipinski definition) is 1. The maximum atomic E-state index is 13.7. The quantitative estimate of drug-likeness (QED) is 0.247. The van der Waals surface area contributed by atoms with E-state index in [9.17, 15) is 28.8 Å². The monoisotopic (exact) mass is 821 g/mol. The number of nitrogens with zero attached hydrogens (tertiary/aromatic N) is 8. The van der Waals surface area contributed by atoms with E-state index in [4.69, 9.17) is 14.8 Å². The van der Waals surface area contributed by atoms with Gasteiger partial charge in [-0.05, 0) is 55.0 Å². The maximum absolute atomic E-state index is 13.7. The lowest BCUT2D eigenvalue weighted by Crippen LogP contribution is -2.54. The Bertz CT molecular complexity index is 2660. The van der Waals surface area contributed by atoms with Crippen molar-refractivity contribution in [2.45, 2.75) is 57.7 Å². The maximum Gasteiger partial charge on any atom is 0.272 e. The van der Waals surface area contributed by atoms with Crippen molar-refractivity contribution in [3.05, 3.63) is 95.1 Å².